The number of hydrazone groups is 1. The standard InChI is InChI=1S/C26H24N4O2/c1-16-12-17(2)24-22(13-16)23(25(29-24)19-8-5-4-6-9-19)15-27-30-26(32)20-10-7-11-21(14-20)28-18(3)31/h4-15,29H,1-3H3,(H,28,31)(H,30,32)/b27-15+. The maximum Gasteiger partial charge on any atom is 0.271 e. The highest BCUT2D eigenvalue weighted by molar-refractivity contribution is 6.07. The number of carbonyl (C=O) groups excluding carboxylic acids is 2. The number of aromatic nitrogens is 1. The van der Waals surface area contributed by atoms with Crippen LogP contribution in [-0.2, 0) is 4.79 Å². The highest BCUT2D eigenvalue weighted by atomic mass is 16.2. The molecule has 0 spiro atoms. The van der Waals surface area contributed by atoms with E-state index in [0.29, 0.717) is 11.3 Å². The number of aryl methyl sites for hydroxylation is 2. The third-order valence-electron chi connectivity index (χ3n) is 5.16. The molecule has 0 radical (unpaired) electrons. The largest absolute Gasteiger partial charge is 0.354 e. The number of nitrogens with one attached hydrogen (secondary N) is 3. The van der Waals surface area contributed by atoms with Gasteiger partial charge in [-0.2, -0.15) is 5.10 Å². The molecule has 3 N–H and O–H groups in total. The van der Waals surface area contributed by atoms with Crippen molar-refractivity contribution in [2.45, 2.75) is 20.8 Å². The molecule has 0 saturated heterocycles. The molecule has 0 saturated carbocycles. The number of H-pyrrole nitrogens is 1. The van der Waals surface area contributed by atoms with Gasteiger partial charge in [-0.05, 0) is 49.2 Å². The van der Waals surface area contributed by atoms with E-state index in [1.165, 1.54) is 6.92 Å². The molecule has 6 nitrogen and oxygen atoms in total. The monoisotopic (exact) mass is 424 g/mol. The molecule has 3 aromatic carbocycles. The van der Waals surface area contributed by atoms with Gasteiger partial charge in [-0.1, -0.05) is 48.0 Å². The van der Waals surface area contributed by atoms with Gasteiger partial charge in [0.25, 0.3) is 5.91 Å². The number of benzene rings is 3. The van der Waals surface area contributed by atoms with Gasteiger partial charge in [0, 0.05) is 34.6 Å². The van der Waals surface area contributed by atoms with Crippen LogP contribution >= 0.6 is 0 Å². The van der Waals surface area contributed by atoms with Gasteiger partial charge in [-0.15, -0.1) is 0 Å². The molecule has 32 heavy (non-hydrogen) atoms. The van der Waals surface area contributed by atoms with E-state index in [1.807, 2.05) is 30.3 Å². The molecule has 0 aliphatic carbocycles. The minimum absolute atomic E-state index is 0.195. The van der Waals surface area contributed by atoms with Gasteiger partial charge in [0.2, 0.25) is 5.91 Å². The summed E-state index contributed by atoms with van der Waals surface area (Å²) in [5, 5.41) is 7.97. The molecule has 0 fully saturated rings. The molecule has 1 aromatic heterocycles. The van der Waals surface area contributed by atoms with Gasteiger partial charge in [0.05, 0.1) is 11.9 Å². The number of nitrogens with zero attached hydrogens (tertiary/aromatic N) is 1. The summed E-state index contributed by atoms with van der Waals surface area (Å²) in [6.07, 6.45) is 1.68. The fourth-order valence-corrected chi connectivity index (χ4v) is 3.80. The first-order valence-corrected chi connectivity index (χ1v) is 10.3. The van der Waals surface area contributed by atoms with E-state index >= 15 is 0 Å². The number of amides is 2. The predicted molar refractivity (Wildman–Crippen MR) is 129 cm³/mol. The van der Waals surface area contributed by atoms with Crippen LogP contribution in [0.3, 0.4) is 0 Å². The van der Waals surface area contributed by atoms with Crippen molar-refractivity contribution in [3.63, 3.8) is 0 Å². The number of hydrogen-bond acceptors (Lipinski definition) is 3. The molecular formula is C26H24N4O2. The first-order valence-electron chi connectivity index (χ1n) is 10.3. The van der Waals surface area contributed by atoms with E-state index in [4.69, 9.17) is 0 Å². The normalized spacial score (nSPS) is 11.1. The molecule has 0 aliphatic heterocycles. The quantitative estimate of drug-likeness (QED) is 0.305. The summed E-state index contributed by atoms with van der Waals surface area (Å²) in [6, 6.07) is 21.0. The Morgan fingerprint density at radius 1 is 0.969 bits per heavy atom. The number of rotatable bonds is 5. The van der Waals surface area contributed by atoms with E-state index < -0.39 is 0 Å². The van der Waals surface area contributed by atoms with Crippen LogP contribution in [0.15, 0.2) is 71.8 Å². The minimum atomic E-state index is -0.359. The third kappa shape index (κ3) is 4.44. The molecular weight excluding hydrogens is 400 g/mol. The van der Waals surface area contributed by atoms with Crippen LogP contribution in [0.5, 0.6) is 0 Å². The average Bonchev–Trinajstić information content (AvgIpc) is 3.13. The summed E-state index contributed by atoms with van der Waals surface area (Å²) in [6.45, 7) is 5.56. The molecule has 0 unspecified atom stereocenters. The van der Waals surface area contributed by atoms with Gasteiger partial charge in [-0.3, -0.25) is 9.59 Å². The molecule has 0 bridgehead atoms. The van der Waals surface area contributed by atoms with Crippen LogP contribution in [0, 0.1) is 13.8 Å². The first-order chi connectivity index (χ1) is 15.4. The van der Waals surface area contributed by atoms with Crippen LogP contribution in [0.2, 0.25) is 0 Å². The number of anilines is 1. The maximum absolute atomic E-state index is 12.6. The molecule has 160 valence electrons. The number of carbonyl (C=O) groups is 2. The molecule has 4 aromatic rings. The zero-order valence-corrected chi connectivity index (χ0v) is 18.2. The predicted octanol–water partition coefficient (Wildman–Crippen LogP) is 5.17. The minimum Gasteiger partial charge on any atom is -0.354 e. The second-order valence-electron chi connectivity index (χ2n) is 7.75. The molecule has 6 heteroatoms. The molecule has 0 atom stereocenters. The van der Waals surface area contributed by atoms with Gasteiger partial charge in [0.15, 0.2) is 0 Å². The van der Waals surface area contributed by atoms with Gasteiger partial charge < -0.3 is 10.3 Å². The van der Waals surface area contributed by atoms with Crippen molar-refractivity contribution in [3.8, 4) is 11.3 Å². The summed E-state index contributed by atoms with van der Waals surface area (Å²) in [5.74, 6) is -0.555. The van der Waals surface area contributed by atoms with Crippen LogP contribution in [0.1, 0.15) is 34.0 Å². The van der Waals surface area contributed by atoms with Crippen LogP contribution in [-0.4, -0.2) is 23.0 Å². The summed E-state index contributed by atoms with van der Waals surface area (Å²) in [7, 11) is 0. The van der Waals surface area contributed by atoms with Crippen molar-refractivity contribution in [1.82, 2.24) is 10.4 Å². The first kappa shape index (κ1) is 21.1. The Bertz CT molecular complexity index is 1340. The van der Waals surface area contributed by atoms with Crippen LogP contribution in [0.4, 0.5) is 5.69 Å². The van der Waals surface area contributed by atoms with Gasteiger partial charge >= 0.3 is 0 Å². The number of fused-ring (bicyclic) bond motifs is 1. The average molecular weight is 425 g/mol. The summed E-state index contributed by atoms with van der Waals surface area (Å²) in [4.78, 5) is 27.4. The van der Waals surface area contributed by atoms with Crippen molar-refractivity contribution in [3.05, 3.63) is 89.0 Å². The zero-order valence-electron chi connectivity index (χ0n) is 18.2. The van der Waals surface area contributed by atoms with Crippen molar-refractivity contribution in [2.75, 3.05) is 5.32 Å². The summed E-state index contributed by atoms with van der Waals surface area (Å²) < 4.78 is 0. The Morgan fingerprint density at radius 2 is 1.75 bits per heavy atom. The van der Waals surface area contributed by atoms with Crippen LogP contribution in [0.25, 0.3) is 22.2 Å². The smallest absolute Gasteiger partial charge is 0.271 e. The summed E-state index contributed by atoms with van der Waals surface area (Å²) >= 11 is 0. The number of hydrogen-bond donors (Lipinski definition) is 3. The third-order valence-corrected chi connectivity index (χ3v) is 5.16. The Kier molecular flexibility index (Phi) is 5.85. The van der Waals surface area contributed by atoms with E-state index in [-0.39, 0.29) is 11.8 Å². The fraction of sp³-hybridized carbons (Fsp3) is 0.115. The second kappa shape index (κ2) is 8.89. The topological polar surface area (TPSA) is 86.3 Å². The molecule has 0 aliphatic rings. The van der Waals surface area contributed by atoms with E-state index in [2.05, 4.69) is 46.8 Å². The van der Waals surface area contributed by atoms with E-state index in [9.17, 15) is 9.59 Å². The lowest BCUT2D eigenvalue weighted by molar-refractivity contribution is -0.114. The number of aromatic amines is 1. The summed E-state index contributed by atoms with van der Waals surface area (Å²) in [5.41, 5.74) is 9.80. The lowest BCUT2D eigenvalue weighted by atomic mass is 10.0. The van der Waals surface area contributed by atoms with Crippen molar-refractivity contribution >= 4 is 34.6 Å². The zero-order chi connectivity index (χ0) is 22.7. The van der Waals surface area contributed by atoms with Crippen LogP contribution < -0.4 is 10.7 Å². The molecule has 4 rings (SSSR count). The van der Waals surface area contributed by atoms with Crippen molar-refractivity contribution in [2.24, 2.45) is 5.10 Å². The Morgan fingerprint density at radius 3 is 2.50 bits per heavy atom. The molecule has 2 amide bonds. The fourth-order valence-electron chi connectivity index (χ4n) is 3.80. The van der Waals surface area contributed by atoms with Crippen molar-refractivity contribution < 1.29 is 9.59 Å². The highest BCUT2D eigenvalue weighted by Gasteiger charge is 2.14. The van der Waals surface area contributed by atoms with Crippen molar-refractivity contribution in [1.29, 1.82) is 0 Å². The highest BCUT2D eigenvalue weighted by Crippen LogP contribution is 2.31. The second-order valence-corrected chi connectivity index (χ2v) is 7.75. The SMILES string of the molecule is CC(=O)Nc1cccc(C(=O)N/N=C/c2c(-c3ccccc3)[nH]c3c(C)cc(C)cc23)c1. The Labute approximate surface area is 186 Å². The lowest BCUT2D eigenvalue weighted by Gasteiger charge is -2.05. The maximum atomic E-state index is 12.6. The van der Waals surface area contributed by atoms with Gasteiger partial charge in [0.1, 0.15) is 0 Å². The Hall–Kier alpha value is -4.19. The Balaban J connectivity index is 1.66. The lowest BCUT2D eigenvalue weighted by Crippen LogP contribution is -2.18. The van der Waals surface area contributed by atoms with Gasteiger partial charge in [-0.25, -0.2) is 5.43 Å². The molecule has 1 heterocycles. The van der Waals surface area contributed by atoms with E-state index in [1.54, 1.807) is 30.5 Å². The van der Waals surface area contributed by atoms with E-state index in [0.717, 1.165) is 38.9 Å².